The number of carbonyl (C=O) groups is 4. The van der Waals surface area contributed by atoms with Gasteiger partial charge in [-0.25, -0.2) is 13.2 Å². The van der Waals surface area contributed by atoms with Crippen LogP contribution in [0.5, 0.6) is 5.75 Å². The van der Waals surface area contributed by atoms with Gasteiger partial charge in [-0.2, -0.15) is 0 Å². The monoisotopic (exact) mass is 643 g/mol. The van der Waals surface area contributed by atoms with Gasteiger partial charge in [-0.05, 0) is 56.9 Å². The third-order valence-electron chi connectivity index (χ3n) is 8.26. The fourth-order valence-corrected chi connectivity index (χ4v) is 6.80. The average molecular weight is 644 g/mol. The molecule has 4 amide bonds. The number of ether oxygens (including phenoxy) is 1. The zero-order chi connectivity index (χ0) is 32.8. The quantitative estimate of drug-likeness (QED) is 0.254. The summed E-state index contributed by atoms with van der Waals surface area (Å²) in [5, 5.41) is 16.3. The van der Waals surface area contributed by atoms with E-state index in [0.717, 1.165) is 5.56 Å². The van der Waals surface area contributed by atoms with E-state index >= 15 is 0 Å². The predicted molar refractivity (Wildman–Crippen MR) is 167 cm³/mol. The lowest BCUT2D eigenvalue weighted by Crippen LogP contribution is -2.61. The molecule has 1 spiro atoms. The van der Waals surface area contributed by atoms with E-state index in [9.17, 15) is 27.6 Å². The lowest BCUT2D eigenvalue weighted by Gasteiger charge is -2.41. The van der Waals surface area contributed by atoms with Gasteiger partial charge in [0.15, 0.2) is 0 Å². The molecule has 2 aromatic carbocycles. The maximum absolute atomic E-state index is 13.9. The smallest absolute Gasteiger partial charge is 0.404 e. The molecule has 45 heavy (non-hydrogen) atoms. The highest BCUT2D eigenvalue weighted by Gasteiger charge is 2.48. The summed E-state index contributed by atoms with van der Waals surface area (Å²) in [6.07, 6.45) is 1.36. The number of piperidine rings is 1. The fraction of sp³-hybridized carbons (Fsp3) is 0.484. The summed E-state index contributed by atoms with van der Waals surface area (Å²) in [6.45, 7) is 4.00. The third-order valence-corrected chi connectivity index (χ3v) is 9.39. The largest absolute Gasteiger partial charge is 0.491 e. The van der Waals surface area contributed by atoms with Crippen molar-refractivity contribution in [3.05, 3.63) is 60.2 Å². The number of carbonyl (C=O) groups excluding carboxylic acids is 3. The number of rotatable bonds is 12. The van der Waals surface area contributed by atoms with E-state index in [4.69, 9.17) is 9.84 Å². The highest BCUT2D eigenvalue weighted by atomic mass is 32.2. The molecule has 2 aliphatic rings. The summed E-state index contributed by atoms with van der Waals surface area (Å²) in [7, 11) is -3.48. The topological polar surface area (TPSA) is 174 Å². The summed E-state index contributed by atoms with van der Waals surface area (Å²) in [6, 6.07) is 15.3. The fourth-order valence-electron chi connectivity index (χ4n) is 5.81. The van der Waals surface area contributed by atoms with Gasteiger partial charge >= 0.3 is 6.09 Å². The van der Waals surface area contributed by atoms with Crippen molar-refractivity contribution in [3.8, 4) is 5.75 Å². The number of sulfonamides is 1. The van der Waals surface area contributed by atoms with Crippen molar-refractivity contribution < 1.29 is 37.4 Å². The third kappa shape index (κ3) is 8.24. The number of nitrogens with one attached hydrogen (secondary N) is 3. The summed E-state index contributed by atoms with van der Waals surface area (Å²) < 4.78 is 32.5. The van der Waals surface area contributed by atoms with Crippen LogP contribution >= 0.6 is 0 Å². The van der Waals surface area contributed by atoms with E-state index in [0.29, 0.717) is 43.9 Å². The van der Waals surface area contributed by atoms with Crippen molar-refractivity contribution >= 4 is 39.5 Å². The van der Waals surface area contributed by atoms with Gasteiger partial charge < -0.3 is 30.7 Å². The summed E-state index contributed by atoms with van der Waals surface area (Å²) >= 11 is 0. The first-order valence-electron chi connectivity index (χ1n) is 14.8. The summed E-state index contributed by atoms with van der Waals surface area (Å²) in [5.41, 5.74) is -0.182. The van der Waals surface area contributed by atoms with Gasteiger partial charge in [0.1, 0.15) is 23.9 Å². The number of likely N-dealkylation sites (tertiary alicyclic amines) is 1. The lowest BCUT2D eigenvalue weighted by atomic mass is 9.74. The normalized spacial score (nSPS) is 16.4. The van der Waals surface area contributed by atoms with Crippen LogP contribution in [0.1, 0.15) is 45.1 Å². The van der Waals surface area contributed by atoms with Gasteiger partial charge in [0, 0.05) is 38.0 Å². The molecule has 2 aromatic rings. The molecule has 1 atom stereocenters. The van der Waals surface area contributed by atoms with Gasteiger partial charge in [0.2, 0.25) is 27.7 Å². The van der Waals surface area contributed by atoms with Crippen LogP contribution in [0.15, 0.2) is 54.6 Å². The van der Waals surface area contributed by atoms with E-state index in [-0.39, 0.29) is 31.9 Å². The highest BCUT2D eigenvalue weighted by Crippen LogP contribution is 2.47. The van der Waals surface area contributed by atoms with Gasteiger partial charge in [0.05, 0.1) is 11.9 Å². The second-order valence-corrected chi connectivity index (χ2v) is 14.0. The molecule has 4 N–H and O–H groups in total. The second-order valence-electron chi connectivity index (χ2n) is 12.1. The Morgan fingerprint density at radius 1 is 1.02 bits per heavy atom. The number of hydrogen-bond donors (Lipinski definition) is 4. The van der Waals surface area contributed by atoms with Crippen molar-refractivity contribution in [2.75, 3.05) is 43.3 Å². The van der Waals surface area contributed by atoms with Gasteiger partial charge in [-0.3, -0.25) is 18.7 Å². The van der Waals surface area contributed by atoms with Gasteiger partial charge in [0.25, 0.3) is 0 Å². The Labute approximate surface area is 263 Å². The van der Waals surface area contributed by atoms with Crippen LogP contribution in [-0.4, -0.2) is 92.9 Å². The van der Waals surface area contributed by atoms with E-state index < -0.39 is 44.9 Å². The minimum Gasteiger partial charge on any atom is -0.491 e. The highest BCUT2D eigenvalue weighted by molar-refractivity contribution is 7.92. The predicted octanol–water partition coefficient (Wildman–Crippen LogP) is 1.83. The van der Waals surface area contributed by atoms with Crippen LogP contribution in [0.2, 0.25) is 0 Å². The van der Waals surface area contributed by atoms with Crippen LogP contribution in [-0.2, 0) is 29.8 Å². The number of hydrogen-bond acceptors (Lipinski definition) is 7. The standard InChI is InChI=1S/C31H41N5O8S/c1-30(2,34-26(37)14-9-17-32-29(40)41)28(39)33-24(20-44-22-10-5-4-6-11-22)27(38)35-18-15-31(16-19-35)21-36(45(3,42)43)25-13-8-7-12-23(25)31/h4-8,10-13,24,32H,9,14-21H2,1-3H3,(H,33,39)(H,34,37)(H,40,41)/t24-/m1/s1. The SMILES string of the molecule is CC(C)(NC(=O)CCCNC(=O)O)C(=O)N[C@H](COc1ccccc1)C(=O)N1CCC2(CC1)CN(S(C)(=O)=O)c1ccccc12. The molecule has 0 aliphatic carbocycles. The van der Waals surface area contributed by atoms with Crippen LogP contribution < -0.4 is 25.0 Å². The van der Waals surface area contributed by atoms with E-state index in [1.165, 1.54) is 24.4 Å². The molecule has 244 valence electrons. The number of para-hydroxylation sites is 2. The molecule has 2 aliphatic heterocycles. The molecule has 1 fully saturated rings. The van der Waals surface area contributed by atoms with Crippen LogP contribution in [0, 0.1) is 0 Å². The Kier molecular flexibility index (Phi) is 10.3. The lowest BCUT2D eigenvalue weighted by molar-refractivity contribution is -0.140. The number of benzene rings is 2. The second kappa shape index (κ2) is 13.8. The van der Waals surface area contributed by atoms with E-state index in [2.05, 4.69) is 16.0 Å². The molecule has 1 saturated heterocycles. The Morgan fingerprint density at radius 3 is 2.31 bits per heavy atom. The maximum atomic E-state index is 13.9. The average Bonchev–Trinajstić information content (AvgIpc) is 3.32. The molecular formula is C31H41N5O8S. The van der Waals surface area contributed by atoms with Crippen molar-refractivity contribution in [3.63, 3.8) is 0 Å². The minimum absolute atomic E-state index is 0.00584. The first kappa shape index (κ1) is 33.6. The van der Waals surface area contributed by atoms with Crippen LogP contribution in [0.25, 0.3) is 0 Å². The zero-order valence-electron chi connectivity index (χ0n) is 25.7. The molecule has 4 rings (SSSR count). The molecule has 13 nitrogen and oxygen atoms in total. The Balaban J connectivity index is 1.44. The minimum atomic E-state index is -3.48. The Morgan fingerprint density at radius 2 is 1.67 bits per heavy atom. The molecule has 0 bridgehead atoms. The molecule has 0 unspecified atom stereocenters. The zero-order valence-corrected chi connectivity index (χ0v) is 26.6. The van der Waals surface area contributed by atoms with Gasteiger partial charge in [-0.1, -0.05) is 36.4 Å². The molecule has 0 radical (unpaired) electrons. The number of carboxylic acid groups (broad SMARTS) is 1. The summed E-state index contributed by atoms with van der Waals surface area (Å²) in [4.78, 5) is 52.0. The molecule has 14 heteroatoms. The van der Waals surface area contributed by atoms with Crippen LogP contribution in [0.3, 0.4) is 0 Å². The number of nitrogens with zero attached hydrogens (tertiary/aromatic N) is 2. The first-order valence-corrected chi connectivity index (χ1v) is 16.7. The van der Waals surface area contributed by atoms with Crippen molar-refractivity contribution in [2.45, 2.75) is 56.5 Å². The van der Waals surface area contributed by atoms with Crippen LogP contribution in [0.4, 0.5) is 10.5 Å². The molecule has 2 heterocycles. The molecule has 0 saturated carbocycles. The van der Waals surface area contributed by atoms with Crippen molar-refractivity contribution in [1.29, 1.82) is 0 Å². The number of fused-ring (bicyclic) bond motifs is 2. The number of anilines is 1. The number of amides is 4. The first-order chi connectivity index (χ1) is 21.2. The van der Waals surface area contributed by atoms with Gasteiger partial charge in [-0.15, -0.1) is 0 Å². The maximum Gasteiger partial charge on any atom is 0.404 e. The van der Waals surface area contributed by atoms with E-state index in [1.54, 1.807) is 29.2 Å². The summed E-state index contributed by atoms with van der Waals surface area (Å²) in [5.74, 6) is -0.848. The molecular weight excluding hydrogens is 602 g/mol. The Bertz CT molecular complexity index is 1510. The van der Waals surface area contributed by atoms with Crippen molar-refractivity contribution in [1.82, 2.24) is 20.9 Å². The van der Waals surface area contributed by atoms with E-state index in [1.807, 2.05) is 30.3 Å². The molecule has 0 aromatic heterocycles. The van der Waals surface area contributed by atoms with Crippen molar-refractivity contribution in [2.24, 2.45) is 0 Å². The Hall–Kier alpha value is -4.33.